The van der Waals surface area contributed by atoms with Gasteiger partial charge in [-0.25, -0.2) is 16.8 Å². The van der Waals surface area contributed by atoms with Gasteiger partial charge in [0.25, 0.3) is 10.0 Å². The van der Waals surface area contributed by atoms with Crippen molar-refractivity contribution in [2.24, 2.45) is 0 Å². The molecule has 0 aliphatic carbocycles. The summed E-state index contributed by atoms with van der Waals surface area (Å²) in [5, 5.41) is 15.4. The molecule has 0 unspecified atom stereocenters. The number of aliphatic hydroxyl groups excluding tert-OH is 1. The van der Waals surface area contributed by atoms with Crippen molar-refractivity contribution in [1.29, 1.82) is 0 Å². The van der Waals surface area contributed by atoms with Crippen molar-refractivity contribution >= 4 is 37.1 Å². The highest BCUT2D eigenvalue weighted by Gasteiger charge is 2.36. The lowest BCUT2D eigenvalue weighted by Crippen LogP contribution is -2.31. The van der Waals surface area contributed by atoms with Crippen LogP contribution in [0.5, 0.6) is 0 Å². The summed E-state index contributed by atoms with van der Waals surface area (Å²) in [4.78, 5) is 11.0. The third kappa shape index (κ3) is 5.71. The zero-order chi connectivity index (χ0) is 21.9. The lowest BCUT2D eigenvalue weighted by atomic mass is 10.2. The monoisotopic (exact) mass is 453 g/mol. The first-order chi connectivity index (χ1) is 14.0. The number of amides is 1. The third-order valence-corrected chi connectivity index (χ3v) is 7.70. The second-order valence-corrected chi connectivity index (χ2v) is 11.0. The first-order valence-electron chi connectivity index (χ1n) is 9.15. The van der Waals surface area contributed by atoms with Crippen LogP contribution in [0.15, 0.2) is 53.4 Å². The number of carbonyl (C=O) groups excluding carboxylic acids is 1. The van der Waals surface area contributed by atoms with Gasteiger partial charge in [0.05, 0.1) is 28.5 Å². The summed E-state index contributed by atoms with van der Waals surface area (Å²) in [6, 6.07) is 11.8. The Morgan fingerprint density at radius 2 is 1.63 bits per heavy atom. The zero-order valence-corrected chi connectivity index (χ0v) is 17.8. The molecule has 11 heteroatoms. The predicted molar refractivity (Wildman–Crippen MR) is 113 cm³/mol. The fraction of sp³-hybridized carbons (Fsp3) is 0.316. The number of sulfonamides is 1. The molecule has 0 bridgehead atoms. The highest BCUT2D eigenvalue weighted by molar-refractivity contribution is 7.92. The number of nitrogens with one attached hydrogen (secondary N) is 3. The van der Waals surface area contributed by atoms with Gasteiger partial charge in [-0.05, 0) is 42.0 Å². The van der Waals surface area contributed by atoms with Crippen LogP contribution < -0.4 is 15.4 Å². The predicted octanol–water partition coefficient (Wildman–Crippen LogP) is 0.693. The van der Waals surface area contributed by atoms with E-state index in [4.69, 9.17) is 0 Å². The molecule has 30 heavy (non-hydrogen) atoms. The van der Waals surface area contributed by atoms with Crippen molar-refractivity contribution in [3.8, 4) is 0 Å². The molecular formula is C19H23N3O6S2. The van der Waals surface area contributed by atoms with Crippen molar-refractivity contribution in [2.75, 3.05) is 21.5 Å². The number of hydrogen-bond donors (Lipinski definition) is 4. The van der Waals surface area contributed by atoms with E-state index in [0.29, 0.717) is 17.9 Å². The van der Waals surface area contributed by atoms with Crippen LogP contribution >= 0.6 is 0 Å². The number of hydrogen-bond acceptors (Lipinski definition) is 7. The van der Waals surface area contributed by atoms with E-state index < -0.39 is 32.0 Å². The summed E-state index contributed by atoms with van der Waals surface area (Å²) in [7, 11) is -7.06. The molecule has 0 aromatic heterocycles. The van der Waals surface area contributed by atoms with Gasteiger partial charge in [0.2, 0.25) is 5.91 Å². The van der Waals surface area contributed by atoms with Crippen LogP contribution in [0.4, 0.5) is 11.4 Å². The molecule has 1 amide bonds. The molecule has 2 aromatic rings. The fourth-order valence-corrected chi connectivity index (χ4v) is 5.84. The van der Waals surface area contributed by atoms with Gasteiger partial charge in [-0.15, -0.1) is 0 Å². The highest BCUT2D eigenvalue weighted by atomic mass is 32.2. The molecule has 0 radical (unpaired) electrons. The Morgan fingerprint density at radius 3 is 2.17 bits per heavy atom. The molecule has 2 atom stereocenters. The van der Waals surface area contributed by atoms with Crippen LogP contribution in [0.1, 0.15) is 12.5 Å². The first-order valence-corrected chi connectivity index (χ1v) is 12.5. The van der Waals surface area contributed by atoms with Crippen molar-refractivity contribution in [3.63, 3.8) is 0 Å². The van der Waals surface area contributed by atoms with Crippen molar-refractivity contribution in [3.05, 3.63) is 54.1 Å². The number of aliphatic hydroxyl groups is 1. The van der Waals surface area contributed by atoms with Crippen LogP contribution in [0, 0.1) is 0 Å². The Bertz CT molecular complexity index is 1110. The normalized spacial score (nSPS) is 20.5. The molecule has 0 spiro atoms. The molecule has 0 saturated carbocycles. The summed E-state index contributed by atoms with van der Waals surface area (Å²) in [6.45, 7) is 1.72. The molecule has 3 rings (SSSR count). The molecule has 1 fully saturated rings. The van der Waals surface area contributed by atoms with Gasteiger partial charge in [0, 0.05) is 24.8 Å². The fourth-order valence-electron chi connectivity index (χ4n) is 3.04. The maximum Gasteiger partial charge on any atom is 0.261 e. The Morgan fingerprint density at radius 1 is 1.03 bits per heavy atom. The molecule has 1 saturated heterocycles. The van der Waals surface area contributed by atoms with Crippen LogP contribution in [0.25, 0.3) is 0 Å². The van der Waals surface area contributed by atoms with Gasteiger partial charge in [-0.3, -0.25) is 9.52 Å². The standard InChI is InChI=1S/C19H23N3O6S2/c1-13(23)20-10-14-2-8-17(9-3-14)30(27,28)22-16-6-4-15(5-7-16)21-18-11-29(25,26)12-19(18)24/h2-9,18-19,21-22,24H,10-12H2,1H3,(H,20,23)/t18-,19+/m0/s1. The van der Waals surface area contributed by atoms with Gasteiger partial charge >= 0.3 is 0 Å². The number of carbonyl (C=O) groups is 1. The van der Waals surface area contributed by atoms with Crippen LogP contribution in [0.3, 0.4) is 0 Å². The molecule has 1 aliphatic rings. The van der Waals surface area contributed by atoms with Gasteiger partial charge in [-0.1, -0.05) is 12.1 Å². The number of anilines is 2. The Hall–Kier alpha value is -2.63. The molecule has 2 aromatic carbocycles. The molecule has 9 nitrogen and oxygen atoms in total. The Balaban J connectivity index is 1.63. The summed E-state index contributed by atoms with van der Waals surface area (Å²) >= 11 is 0. The average molecular weight is 454 g/mol. The van der Waals surface area contributed by atoms with E-state index in [1.165, 1.54) is 19.1 Å². The largest absolute Gasteiger partial charge is 0.390 e. The second-order valence-electron chi connectivity index (χ2n) is 7.13. The van der Waals surface area contributed by atoms with E-state index in [2.05, 4.69) is 15.4 Å². The maximum atomic E-state index is 12.6. The first kappa shape index (κ1) is 22.1. The zero-order valence-electron chi connectivity index (χ0n) is 16.2. The third-order valence-electron chi connectivity index (χ3n) is 4.59. The summed E-state index contributed by atoms with van der Waals surface area (Å²) < 4.78 is 50.8. The van der Waals surface area contributed by atoms with E-state index >= 15 is 0 Å². The lowest BCUT2D eigenvalue weighted by Gasteiger charge is -2.16. The van der Waals surface area contributed by atoms with Crippen molar-refractivity contribution in [1.82, 2.24) is 5.32 Å². The maximum absolute atomic E-state index is 12.6. The number of sulfone groups is 1. The quantitative estimate of drug-likeness (QED) is 0.483. The summed E-state index contributed by atoms with van der Waals surface area (Å²) in [6.07, 6.45) is -0.984. The van der Waals surface area contributed by atoms with Gasteiger partial charge in [0.1, 0.15) is 0 Å². The molecule has 1 aliphatic heterocycles. The smallest absolute Gasteiger partial charge is 0.261 e. The summed E-state index contributed by atoms with van der Waals surface area (Å²) in [5.74, 6) is -0.595. The van der Waals surface area contributed by atoms with Crippen LogP contribution in [0.2, 0.25) is 0 Å². The van der Waals surface area contributed by atoms with Crippen molar-refractivity contribution in [2.45, 2.75) is 30.5 Å². The number of benzene rings is 2. The average Bonchev–Trinajstić information content (AvgIpc) is 2.93. The lowest BCUT2D eigenvalue weighted by molar-refractivity contribution is -0.119. The minimum absolute atomic E-state index is 0.0792. The Kier molecular flexibility index (Phi) is 6.34. The van der Waals surface area contributed by atoms with E-state index in [1.807, 2.05) is 0 Å². The molecule has 162 valence electrons. The van der Waals surface area contributed by atoms with Gasteiger partial charge in [0.15, 0.2) is 9.84 Å². The molecule has 1 heterocycles. The highest BCUT2D eigenvalue weighted by Crippen LogP contribution is 2.22. The van der Waals surface area contributed by atoms with Crippen LogP contribution in [-0.2, 0) is 31.2 Å². The van der Waals surface area contributed by atoms with Gasteiger partial charge in [-0.2, -0.15) is 0 Å². The second kappa shape index (κ2) is 8.62. The molecular weight excluding hydrogens is 430 g/mol. The number of rotatable bonds is 7. The van der Waals surface area contributed by atoms with E-state index in [0.717, 1.165) is 5.56 Å². The Labute approximate surface area is 175 Å². The minimum Gasteiger partial charge on any atom is -0.390 e. The van der Waals surface area contributed by atoms with Gasteiger partial charge < -0.3 is 15.7 Å². The van der Waals surface area contributed by atoms with E-state index in [1.54, 1.807) is 36.4 Å². The summed E-state index contributed by atoms with van der Waals surface area (Å²) in [5.41, 5.74) is 1.68. The molecule has 4 N–H and O–H groups in total. The van der Waals surface area contributed by atoms with E-state index in [9.17, 15) is 26.7 Å². The topological polar surface area (TPSA) is 142 Å². The van der Waals surface area contributed by atoms with Crippen LogP contribution in [-0.4, -0.2) is 51.5 Å². The van der Waals surface area contributed by atoms with Crippen molar-refractivity contribution < 1.29 is 26.7 Å². The van der Waals surface area contributed by atoms with E-state index in [-0.39, 0.29) is 22.3 Å². The minimum atomic E-state index is -3.80. The SMILES string of the molecule is CC(=O)NCc1ccc(S(=O)(=O)Nc2ccc(N[C@H]3CS(=O)(=O)C[C@H]3O)cc2)cc1.